The van der Waals surface area contributed by atoms with Gasteiger partial charge in [0.1, 0.15) is 12.0 Å². The van der Waals surface area contributed by atoms with E-state index in [0.717, 1.165) is 19.3 Å². The molecule has 0 saturated heterocycles. The lowest BCUT2D eigenvalue weighted by molar-refractivity contribution is -0.777. The van der Waals surface area contributed by atoms with E-state index in [1.165, 1.54) is 32.1 Å². The third-order valence-electron chi connectivity index (χ3n) is 3.24. The van der Waals surface area contributed by atoms with Gasteiger partial charge >= 0.3 is 17.2 Å². The van der Waals surface area contributed by atoms with Crippen molar-refractivity contribution in [2.24, 2.45) is 0 Å². The van der Waals surface area contributed by atoms with Crippen LogP contribution < -0.4 is 5.26 Å². The van der Waals surface area contributed by atoms with Crippen molar-refractivity contribution in [2.75, 3.05) is 13.2 Å². The van der Waals surface area contributed by atoms with Gasteiger partial charge in [-0.25, -0.2) is 9.59 Å². The first-order valence-corrected chi connectivity index (χ1v) is 9.03. The fourth-order valence-corrected chi connectivity index (χ4v) is 2.18. The van der Waals surface area contributed by atoms with E-state index < -0.39 is 35.8 Å². The average molecular weight is 387 g/mol. The fourth-order valence-electron chi connectivity index (χ4n) is 1.94. The van der Waals surface area contributed by atoms with E-state index in [-0.39, 0.29) is 6.61 Å². The first-order valence-electron chi connectivity index (χ1n) is 8.29. The third kappa shape index (κ3) is 13.9. The van der Waals surface area contributed by atoms with E-state index in [1.54, 1.807) is 0 Å². The van der Waals surface area contributed by atoms with E-state index in [0.29, 0.717) is 6.42 Å². The van der Waals surface area contributed by atoms with Crippen LogP contribution in [-0.4, -0.2) is 30.4 Å². The molecule has 0 unspecified atom stereocenters. The van der Waals surface area contributed by atoms with Gasteiger partial charge in [-0.3, -0.25) is 5.04 Å². The predicted molar refractivity (Wildman–Crippen MR) is 83.9 cm³/mol. The van der Waals surface area contributed by atoms with Crippen LogP contribution in [0.4, 0.5) is 8.78 Å². The molecule has 0 saturated carbocycles. The van der Waals surface area contributed by atoms with Gasteiger partial charge in [-0.15, -0.1) is 0 Å². The molecule has 7 nitrogen and oxygen atoms in total. The Morgan fingerprint density at radius 1 is 0.960 bits per heavy atom. The molecule has 0 aromatic rings. The lowest BCUT2D eigenvalue weighted by Crippen LogP contribution is -2.30. The Hall–Kier alpha value is -0.970. The fraction of sp³-hybridized carbons (Fsp3) is 0.867. The van der Waals surface area contributed by atoms with Crippen LogP contribution >= 0.6 is 12.0 Å². The number of carbonyl (C=O) groups is 2. The Bertz CT molecular complexity index is 370. The highest BCUT2D eigenvalue weighted by molar-refractivity contribution is 7.96. The SMILES string of the molecule is CCCCCCCCCCCOC(=O)COC(=O)C(F)(F)SOO[O-]. The molecule has 0 amide bonds. The van der Waals surface area contributed by atoms with E-state index in [4.69, 9.17) is 4.74 Å². The van der Waals surface area contributed by atoms with Crippen molar-refractivity contribution in [1.29, 1.82) is 0 Å². The lowest BCUT2D eigenvalue weighted by Gasteiger charge is -2.13. The summed E-state index contributed by atoms with van der Waals surface area (Å²) in [5, 5.41) is 7.97. The molecule has 0 heterocycles. The number of alkyl halides is 2. The zero-order valence-corrected chi connectivity index (χ0v) is 15.1. The second-order valence-corrected chi connectivity index (χ2v) is 6.18. The van der Waals surface area contributed by atoms with Crippen LogP contribution in [0.1, 0.15) is 64.7 Å². The molecule has 148 valence electrons. The summed E-state index contributed by atoms with van der Waals surface area (Å²) in [6.45, 7) is 1.38. The van der Waals surface area contributed by atoms with Crippen molar-refractivity contribution < 1.29 is 42.5 Å². The van der Waals surface area contributed by atoms with Gasteiger partial charge in [-0.1, -0.05) is 58.3 Å². The molecule has 0 radical (unpaired) electrons. The minimum absolute atomic E-state index is 0.143. The van der Waals surface area contributed by atoms with Crippen molar-refractivity contribution in [3.05, 3.63) is 0 Å². The van der Waals surface area contributed by atoms with Crippen molar-refractivity contribution in [3.8, 4) is 0 Å². The Morgan fingerprint density at radius 2 is 1.52 bits per heavy atom. The number of rotatable bonds is 16. The van der Waals surface area contributed by atoms with Crippen LogP contribution in [0.3, 0.4) is 0 Å². The average Bonchev–Trinajstić information content (AvgIpc) is 2.59. The van der Waals surface area contributed by atoms with Crippen molar-refractivity contribution in [2.45, 2.75) is 70.0 Å². The number of esters is 2. The van der Waals surface area contributed by atoms with E-state index >= 15 is 0 Å². The Kier molecular flexibility index (Phi) is 14.7. The van der Waals surface area contributed by atoms with Crippen LogP contribution in [0.25, 0.3) is 0 Å². The molecular formula is C15H25F2O7S-. The Balaban J connectivity index is 3.57. The monoisotopic (exact) mass is 387 g/mol. The largest absolute Gasteiger partial charge is 0.691 e. The standard InChI is InChI=1S/C15H26F2O7S/c1-2-3-4-5-6-7-8-9-10-11-21-13(18)12-22-14(19)15(16,17)25-24-23-20/h20H,2-12H2,1H3/p-1. The van der Waals surface area contributed by atoms with Crippen molar-refractivity contribution in [1.82, 2.24) is 0 Å². The molecule has 0 aliphatic carbocycles. The van der Waals surface area contributed by atoms with Crippen LogP contribution in [0, 0.1) is 0 Å². The molecule has 10 heteroatoms. The number of carbonyl (C=O) groups excluding carboxylic acids is 2. The van der Waals surface area contributed by atoms with Gasteiger partial charge in [-0.05, 0) is 6.42 Å². The first kappa shape index (κ1) is 24.0. The van der Waals surface area contributed by atoms with E-state index in [1.807, 2.05) is 0 Å². The molecule has 0 atom stereocenters. The van der Waals surface area contributed by atoms with Crippen molar-refractivity contribution in [3.63, 3.8) is 0 Å². The molecule has 0 spiro atoms. The molecule has 0 aliphatic rings. The molecule has 0 bridgehead atoms. The maximum absolute atomic E-state index is 13.0. The van der Waals surface area contributed by atoms with Gasteiger partial charge in [0.15, 0.2) is 6.61 Å². The lowest BCUT2D eigenvalue weighted by atomic mass is 10.1. The van der Waals surface area contributed by atoms with Gasteiger partial charge < -0.3 is 14.7 Å². The summed E-state index contributed by atoms with van der Waals surface area (Å²) in [7, 11) is 0. The Labute approximate surface area is 150 Å². The Morgan fingerprint density at radius 3 is 2.08 bits per heavy atom. The number of hydrogen-bond acceptors (Lipinski definition) is 8. The zero-order valence-electron chi connectivity index (χ0n) is 14.3. The molecule has 0 rings (SSSR count). The maximum atomic E-state index is 13.0. The van der Waals surface area contributed by atoms with Gasteiger partial charge in [0.2, 0.25) is 0 Å². The summed E-state index contributed by atoms with van der Waals surface area (Å²) >= 11 is -0.821. The van der Waals surface area contributed by atoms with Crippen LogP contribution in [-0.2, 0) is 28.4 Å². The van der Waals surface area contributed by atoms with Gasteiger partial charge in [0, 0.05) is 0 Å². The second-order valence-electron chi connectivity index (χ2n) is 5.36. The molecule has 25 heavy (non-hydrogen) atoms. The highest BCUT2D eigenvalue weighted by atomic mass is 32.2. The molecule has 0 fully saturated rings. The third-order valence-corrected chi connectivity index (χ3v) is 3.74. The van der Waals surface area contributed by atoms with E-state index in [2.05, 4.69) is 21.0 Å². The molecule has 0 N–H and O–H groups in total. The highest BCUT2D eigenvalue weighted by Crippen LogP contribution is 2.30. The normalized spacial score (nSPS) is 11.4. The van der Waals surface area contributed by atoms with Gasteiger partial charge in [-0.2, -0.15) is 13.1 Å². The zero-order chi connectivity index (χ0) is 19.0. The molecule has 0 aromatic heterocycles. The smallest absolute Gasteiger partial charge is 0.415 e. The first-order chi connectivity index (χ1) is 11.9. The van der Waals surface area contributed by atoms with Crippen LogP contribution in [0.15, 0.2) is 0 Å². The second kappa shape index (κ2) is 15.3. The van der Waals surface area contributed by atoms with Crippen molar-refractivity contribution >= 4 is 24.0 Å². The molecule has 0 aliphatic heterocycles. The molecule has 0 aromatic carbocycles. The number of unbranched alkanes of at least 4 members (excludes halogenated alkanes) is 8. The quantitative estimate of drug-likeness (QED) is 0.131. The minimum Gasteiger partial charge on any atom is -0.691 e. The highest BCUT2D eigenvalue weighted by Gasteiger charge is 2.44. The summed E-state index contributed by atoms with van der Waals surface area (Å²) in [6, 6.07) is 0. The van der Waals surface area contributed by atoms with Gasteiger partial charge in [0.05, 0.1) is 6.61 Å². The van der Waals surface area contributed by atoms with Crippen LogP contribution in [0.5, 0.6) is 0 Å². The van der Waals surface area contributed by atoms with Crippen LogP contribution in [0.2, 0.25) is 0 Å². The topological polar surface area (TPSA) is 94.1 Å². The summed E-state index contributed by atoms with van der Waals surface area (Å²) in [5.74, 6) is -2.95. The minimum atomic E-state index is -4.16. The number of ether oxygens (including phenoxy) is 2. The predicted octanol–water partition coefficient (Wildman–Crippen LogP) is 3.07. The van der Waals surface area contributed by atoms with E-state index in [9.17, 15) is 23.6 Å². The number of halogens is 2. The van der Waals surface area contributed by atoms with Gasteiger partial charge in [0.25, 0.3) is 0 Å². The molecular weight excluding hydrogens is 362 g/mol. The summed E-state index contributed by atoms with van der Waals surface area (Å²) in [6.07, 6.45) is 9.94. The summed E-state index contributed by atoms with van der Waals surface area (Å²) in [4.78, 5) is 22.2. The number of hydrogen-bond donors (Lipinski definition) is 0. The maximum Gasteiger partial charge on any atom is 0.415 e. The summed E-state index contributed by atoms with van der Waals surface area (Å²) < 4.78 is 38.2. The summed E-state index contributed by atoms with van der Waals surface area (Å²) in [5.41, 5.74) is 0.